The molecule has 4 heteroatoms. The minimum absolute atomic E-state index is 0.250. The first-order chi connectivity index (χ1) is 2.83. The molecular weight excluding hydrogens is 200 g/mol. The summed E-state index contributed by atoms with van der Waals surface area (Å²) in [7, 11) is 8.68. The molecule has 0 spiro atoms. The van der Waals surface area contributed by atoms with E-state index >= 15 is 0 Å². The van der Waals surface area contributed by atoms with Crippen LogP contribution in [0.5, 0.6) is 0 Å². The number of aliphatic hydroxyl groups excluding tert-OH is 1. The standard InChI is InChI=1S/C2H6O.Mo.2S/c1-2-3;;;/h3H,2H2,1H3;;;. The minimum atomic E-state index is -0.363. The molecule has 0 aliphatic rings. The second-order valence-electron chi connectivity index (χ2n) is 0.384. The van der Waals surface area contributed by atoms with Gasteiger partial charge in [-0.05, 0) is 6.92 Å². The van der Waals surface area contributed by atoms with E-state index < -0.39 is 0 Å². The van der Waals surface area contributed by atoms with Gasteiger partial charge in [0.15, 0.2) is 0 Å². The number of hydrogen-bond donors (Lipinski definition) is 1. The molecule has 0 aromatic heterocycles. The first-order valence-corrected chi connectivity index (χ1v) is 6.94. The third-order valence-corrected chi connectivity index (χ3v) is 0. The van der Waals surface area contributed by atoms with Gasteiger partial charge in [-0.2, -0.15) is 0 Å². The third kappa shape index (κ3) is 71.8. The maximum absolute atomic E-state index is 7.57. The average Bonchev–Trinajstić information content (AvgIpc) is 1.39. The molecule has 0 amide bonds. The van der Waals surface area contributed by atoms with Gasteiger partial charge < -0.3 is 5.11 Å². The van der Waals surface area contributed by atoms with Crippen molar-refractivity contribution in [2.45, 2.75) is 6.92 Å². The van der Waals surface area contributed by atoms with E-state index in [-0.39, 0.29) is 21.5 Å². The van der Waals surface area contributed by atoms with E-state index in [2.05, 4.69) is 19.6 Å². The molecule has 0 rings (SSSR count). The van der Waals surface area contributed by atoms with Gasteiger partial charge in [0.05, 0.1) is 0 Å². The quantitative estimate of drug-likeness (QED) is 0.603. The summed E-state index contributed by atoms with van der Waals surface area (Å²) < 4.78 is 0. The summed E-state index contributed by atoms with van der Waals surface area (Å²) in [5.41, 5.74) is 0. The molecule has 0 saturated carbocycles. The van der Waals surface area contributed by atoms with E-state index in [1.165, 1.54) is 0 Å². The number of rotatable bonds is 0. The first kappa shape index (κ1) is 10.1. The van der Waals surface area contributed by atoms with Crippen molar-refractivity contribution in [2.24, 2.45) is 0 Å². The topological polar surface area (TPSA) is 20.2 Å². The van der Waals surface area contributed by atoms with Gasteiger partial charge in [-0.1, -0.05) is 0 Å². The molecule has 0 aromatic rings. The molecule has 0 saturated heterocycles. The zero-order chi connectivity index (χ0) is 5.41. The summed E-state index contributed by atoms with van der Waals surface area (Å²) in [4.78, 5) is 0. The van der Waals surface area contributed by atoms with Crippen molar-refractivity contribution in [2.75, 3.05) is 6.61 Å². The molecule has 6 heavy (non-hydrogen) atoms. The molecule has 0 heterocycles. The average molecular weight is 206 g/mol. The second kappa shape index (κ2) is 16.5. The number of aliphatic hydroxyl groups is 1. The van der Waals surface area contributed by atoms with Crippen molar-refractivity contribution >= 4 is 19.6 Å². The molecule has 0 fully saturated rings. The summed E-state index contributed by atoms with van der Waals surface area (Å²) in [6, 6.07) is 0. The van der Waals surface area contributed by atoms with Crippen molar-refractivity contribution in [1.82, 2.24) is 0 Å². The van der Waals surface area contributed by atoms with Gasteiger partial charge in [-0.25, -0.2) is 0 Å². The zero-order valence-corrected chi connectivity index (χ0v) is 7.02. The van der Waals surface area contributed by atoms with E-state index in [1.54, 1.807) is 6.92 Å². The van der Waals surface area contributed by atoms with Crippen LogP contribution in [0, 0.1) is 0 Å². The van der Waals surface area contributed by atoms with Crippen molar-refractivity contribution < 1.29 is 20.0 Å². The first-order valence-electron chi connectivity index (χ1n) is 1.36. The van der Waals surface area contributed by atoms with Gasteiger partial charge in [-0.3, -0.25) is 0 Å². The summed E-state index contributed by atoms with van der Waals surface area (Å²) in [6.45, 7) is 1.93. The maximum atomic E-state index is 7.57. The number of hydrogen-bond acceptors (Lipinski definition) is 3. The fourth-order valence-corrected chi connectivity index (χ4v) is 0. The molecule has 0 bridgehead atoms. The fourth-order valence-electron chi connectivity index (χ4n) is 0. The summed E-state index contributed by atoms with van der Waals surface area (Å²) in [5.74, 6) is 0. The van der Waals surface area contributed by atoms with Gasteiger partial charge in [0.1, 0.15) is 0 Å². The van der Waals surface area contributed by atoms with Gasteiger partial charge in [0.2, 0.25) is 0 Å². The van der Waals surface area contributed by atoms with Gasteiger partial charge >= 0.3 is 34.6 Å². The molecule has 1 N–H and O–H groups in total. The SMILES string of the molecule is CCO.[S]=[Mo]=[S]. The molecule has 0 aliphatic heterocycles. The Hall–Kier alpha value is 1.09. The molecule has 0 aliphatic carbocycles. The monoisotopic (exact) mass is 208 g/mol. The van der Waals surface area contributed by atoms with Crippen molar-refractivity contribution in [3.8, 4) is 0 Å². The van der Waals surface area contributed by atoms with Crippen LogP contribution in [0.25, 0.3) is 0 Å². The Balaban J connectivity index is 0. The van der Waals surface area contributed by atoms with Crippen molar-refractivity contribution in [1.29, 1.82) is 0 Å². The molecule has 1 nitrogen and oxygen atoms in total. The van der Waals surface area contributed by atoms with Gasteiger partial charge in [0, 0.05) is 6.61 Å². The van der Waals surface area contributed by atoms with Crippen LogP contribution in [0.4, 0.5) is 0 Å². The van der Waals surface area contributed by atoms with Crippen LogP contribution in [0.3, 0.4) is 0 Å². The third-order valence-electron chi connectivity index (χ3n) is 0. The van der Waals surface area contributed by atoms with Crippen molar-refractivity contribution in [3.05, 3.63) is 0 Å². The Kier molecular flexibility index (Phi) is 28.0. The van der Waals surface area contributed by atoms with Crippen molar-refractivity contribution in [3.63, 3.8) is 0 Å². The van der Waals surface area contributed by atoms with Gasteiger partial charge in [0.25, 0.3) is 0 Å². The predicted octanol–water partition coefficient (Wildman–Crippen LogP) is 1.29. The Labute approximate surface area is 53.2 Å². The Morgan fingerprint density at radius 1 is 1.67 bits per heavy atom. The van der Waals surface area contributed by atoms with E-state index in [0.29, 0.717) is 0 Å². The second-order valence-corrected chi connectivity index (χ2v) is 3.94. The molecular formula is C2H6MoOS2. The normalized spacial score (nSPS) is 5.00. The van der Waals surface area contributed by atoms with Crippen LogP contribution in [0.2, 0.25) is 0 Å². The zero-order valence-electron chi connectivity index (χ0n) is 3.38. The van der Waals surface area contributed by atoms with Crippen LogP contribution in [-0.4, -0.2) is 11.7 Å². The molecule has 0 radical (unpaired) electrons. The molecule has 0 aromatic carbocycles. The van der Waals surface area contributed by atoms with Crippen LogP contribution in [0.15, 0.2) is 0 Å². The Morgan fingerprint density at radius 3 is 1.67 bits per heavy atom. The van der Waals surface area contributed by atoms with E-state index in [0.717, 1.165) is 0 Å². The summed E-state index contributed by atoms with van der Waals surface area (Å²) in [5, 5.41) is 7.57. The fraction of sp³-hybridized carbons (Fsp3) is 1.00. The molecule has 0 unspecified atom stereocenters. The van der Waals surface area contributed by atoms with Crippen LogP contribution in [0.1, 0.15) is 6.92 Å². The predicted molar refractivity (Wildman–Crippen MR) is 27.9 cm³/mol. The van der Waals surface area contributed by atoms with Crippen LogP contribution in [-0.2, 0) is 14.9 Å². The summed E-state index contributed by atoms with van der Waals surface area (Å²) >= 11 is -0.363. The molecule has 38 valence electrons. The van der Waals surface area contributed by atoms with E-state index in [1.807, 2.05) is 0 Å². The van der Waals surface area contributed by atoms with E-state index in [4.69, 9.17) is 5.11 Å². The summed E-state index contributed by atoms with van der Waals surface area (Å²) in [6.07, 6.45) is 0. The van der Waals surface area contributed by atoms with E-state index in [9.17, 15) is 0 Å². The Morgan fingerprint density at radius 2 is 1.67 bits per heavy atom. The van der Waals surface area contributed by atoms with Crippen LogP contribution < -0.4 is 0 Å². The van der Waals surface area contributed by atoms with Gasteiger partial charge in [-0.15, -0.1) is 0 Å². The van der Waals surface area contributed by atoms with Crippen LogP contribution >= 0.6 is 19.6 Å². The molecule has 0 atom stereocenters. The Bertz CT molecular complexity index is 40.8.